The zero-order chi connectivity index (χ0) is 16.4. The van der Waals surface area contributed by atoms with E-state index in [4.69, 9.17) is 18.9 Å². The van der Waals surface area contributed by atoms with Crippen LogP contribution in [-0.2, 0) is 18.9 Å². The van der Waals surface area contributed by atoms with Crippen LogP contribution in [0.15, 0.2) is 30.3 Å². The van der Waals surface area contributed by atoms with Crippen LogP contribution in [-0.4, -0.2) is 40.0 Å². The van der Waals surface area contributed by atoms with Gasteiger partial charge in [-0.05, 0) is 5.56 Å². The highest BCUT2D eigenvalue weighted by Crippen LogP contribution is 2.68. The van der Waals surface area contributed by atoms with Gasteiger partial charge >= 0.3 is 0 Å². The third-order valence-corrected chi connectivity index (χ3v) is 4.46. The van der Waals surface area contributed by atoms with Crippen LogP contribution >= 0.6 is 0 Å². The van der Waals surface area contributed by atoms with E-state index in [2.05, 4.69) is 12.1 Å². The molecule has 0 heterocycles. The summed E-state index contributed by atoms with van der Waals surface area (Å²) in [5.74, 6) is -3.76. The number of nitrogens with zero attached hydrogens (tertiary/aromatic N) is 2. The fourth-order valence-corrected chi connectivity index (χ4v) is 3.56. The Morgan fingerprint density at radius 2 is 1.36 bits per heavy atom. The summed E-state index contributed by atoms with van der Waals surface area (Å²) < 4.78 is 22.1. The smallest absolute Gasteiger partial charge is 0.257 e. The number of benzene rings is 1. The van der Waals surface area contributed by atoms with Crippen LogP contribution in [0.3, 0.4) is 0 Å². The van der Waals surface area contributed by atoms with E-state index in [1.807, 2.05) is 30.3 Å². The highest BCUT2D eigenvalue weighted by Gasteiger charge is 2.86. The predicted octanol–water partition coefficient (Wildman–Crippen LogP) is 1.80. The quantitative estimate of drug-likeness (QED) is 0.771. The Labute approximate surface area is 129 Å². The summed E-state index contributed by atoms with van der Waals surface area (Å²) in [6, 6.07) is 13.2. The Bertz CT molecular complexity index is 595. The van der Waals surface area contributed by atoms with Crippen molar-refractivity contribution >= 4 is 0 Å². The molecule has 0 aromatic heterocycles. The third-order valence-electron chi connectivity index (χ3n) is 4.46. The van der Waals surface area contributed by atoms with E-state index >= 15 is 0 Å². The normalized spacial score (nSPS) is 23.8. The Hall–Kier alpha value is -1.96. The lowest BCUT2D eigenvalue weighted by Crippen LogP contribution is -2.82. The fourth-order valence-electron chi connectivity index (χ4n) is 3.56. The molecule has 0 bridgehead atoms. The van der Waals surface area contributed by atoms with Gasteiger partial charge in [0.25, 0.3) is 5.79 Å². The zero-order valence-electron chi connectivity index (χ0n) is 13.0. The molecule has 6 nitrogen and oxygen atoms in total. The standard InChI is InChI=1S/C16H18N2O4/c1-19-15(20-2)13(12-8-6-5-7-9-12)14(10-17,11-18)16(15,21-3)22-4/h5-9,13H,1-4H3/t13-/m1/s1. The van der Waals surface area contributed by atoms with Gasteiger partial charge in [0, 0.05) is 28.4 Å². The van der Waals surface area contributed by atoms with Gasteiger partial charge in [-0.15, -0.1) is 0 Å². The van der Waals surface area contributed by atoms with Crippen LogP contribution in [0.25, 0.3) is 0 Å². The van der Waals surface area contributed by atoms with Crippen LogP contribution < -0.4 is 0 Å². The molecule has 0 radical (unpaired) electrons. The van der Waals surface area contributed by atoms with Crippen molar-refractivity contribution in [2.24, 2.45) is 5.41 Å². The summed E-state index contributed by atoms with van der Waals surface area (Å²) in [6.45, 7) is 0. The molecule has 116 valence electrons. The minimum atomic E-state index is -1.66. The van der Waals surface area contributed by atoms with Crippen molar-refractivity contribution in [1.82, 2.24) is 0 Å². The monoisotopic (exact) mass is 302 g/mol. The number of methoxy groups -OCH3 is 4. The highest BCUT2D eigenvalue weighted by molar-refractivity contribution is 5.46. The molecule has 1 aromatic carbocycles. The van der Waals surface area contributed by atoms with E-state index < -0.39 is 22.9 Å². The van der Waals surface area contributed by atoms with Crippen molar-refractivity contribution in [3.63, 3.8) is 0 Å². The van der Waals surface area contributed by atoms with Gasteiger partial charge in [0.2, 0.25) is 11.2 Å². The second-order valence-electron chi connectivity index (χ2n) is 4.98. The molecule has 0 N–H and O–H groups in total. The molecular weight excluding hydrogens is 284 g/mol. The Morgan fingerprint density at radius 1 is 0.864 bits per heavy atom. The first-order valence-electron chi connectivity index (χ1n) is 6.67. The molecule has 0 amide bonds. The Morgan fingerprint density at radius 3 is 1.73 bits per heavy atom. The summed E-state index contributed by atoms with van der Waals surface area (Å²) in [7, 11) is 5.59. The Kier molecular flexibility index (Phi) is 4.23. The van der Waals surface area contributed by atoms with Gasteiger partial charge in [0.05, 0.1) is 18.1 Å². The van der Waals surface area contributed by atoms with Gasteiger partial charge in [-0.3, -0.25) is 0 Å². The molecule has 1 aliphatic carbocycles. The molecule has 6 heteroatoms. The minimum absolute atomic E-state index is 0.689. The summed E-state index contributed by atoms with van der Waals surface area (Å²) in [6.07, 6.45) is 0. The first-order chi connectivity index (χ1) is 10.6. The second-order valence-corrected chi connectivity index (χ2v) is 4.98. The van der Waals surface area contributed by atoms with Crippen LogP contribution in [0.4, 0.5) is 0 Å². The van der Waals surface area contributed by atoms with Gasteiger partial charge < -0.3 is 18.9 Å². The SMILES string of the molecule is COC1(OC)[C@H](c2ccccc2)C(C#N)(C#N)C1(OC)OC. The van der Waals surface area contributed by atoms with Gasteiger partial charge in [-0.1, -0.05) is 30.3 Å². The maximum absolute atomic E-state index is 9.75. The van der Waals surface area contributed by atoms with Crippen molar-refractivity contribution in [2.75, 3.05) is 28.4 Å². The van der Waals surface area contributed by atoms with Gasteiger partial charge in [0.1, 0.15) is 0 Å². The van der Waals surface area contributed by atoms with E-state index in [1.165, 1.54) is 28.4 Å². The number of rotatable bonds is 5. The lowest BCUT2D eigenvalue weighted by atomic mass is 9.49. The van der Waals surface area contributed by atoms with Crippen molar-refractivity contribution in [1.29, 1.82) is 10.5 Å². The molecule has 0 saturated heterocycles. The molecule has 1 fully saturated rings. The van der Waals surface area contributed by atoms with Crippen LogP contribution in [0.5, 0.6) is 0 Å². The molecule has 1 aliphatic rings. The highest BCUT2D eigenvalue weighted by atomic mass is 16.8. The van der Waals surface area contributed by atoms with Crippen molar-refractivity contribution in [3.8, 4) is 12.1 Å². The molecule has 0 spiro atoms. The summed E-state index contributed by atoms with van der Waals surface area (Å²) >= 11 is 0. The summed E-state index contributed by atoms with van der Waals surface area (Å²) in [4.78, 5) is 0. The van der Waals surface area contributed by atoms with Crippen LogP contribution in [0, 0.1) is 28.1 Å². The first-order valence-corrected chi connectivity index (χ1v) is 6.67. The van der Waals surface area contributed by atoms with Gasteiger partial charge in [-0.25, -0.2) is 0 Å². The average molecular weight is 302 g/mol. The van der Waals surface area contributed by atoms with E-state index in [0.29, 0.717) is 0 Å². The van der Waals surface area contributed by atoms with E-state index in [0.717, 1.165) is 5.56 Å². The average Bonchev–Trinajstić information content (AvgIpc) is 2.58. The lowest BCUT2D eigenvalue weighted by Gasteiger charge is -2.65. The molecular formula is C16H18N2O4. The maximum Gasteiger partial charge on any atom is 0.257 e. The second kappa shape index (κ2) is 5.68. The van der Waals surface area contributed by atoms with Crippen LogP contribution in [0.1, 0.15) is 11.5 Å². The van der Waals surface area contributed by atoms with Gasteiger partial charge in [-0.2, -0.15) is 10.5 Å². The number of hydrogen-bond acceptors (Lipinski definition) is 6. The first kappa shape index (κ1) is 16.4. The van der Waals surface area contributed by atoms with Crippen molar-refractivity contribution < 1.29 is 18.9 Å². The zero-order valence-corrected chi connectivity index (χ0v) is 13.0. The number of nitriles is 2. The predicted molar refractivity (Wildman–Crippen MR) is 76.3 cm³/mol. The molecule has 0 unspecified atom stereocenters. The van der Waals surface area contributed by atoms with Crippen LogP contribution in [0.2, 0.25) is 0 Å². The molecule has 0 aliphatic heterocycles. The summed E-state index contributed by atoms with van der Waals surface area (Å²) in [5.41, 5.74) is -0.872. The molecule has 1 atom stereocenters. The minimum Gasteiger partial charge on any atom is -0.348 e. The topological polar surface area (TPSA) is 84.5 Å². The maximum atomic E-state index is 9.75. The molecule has 1 saturated carbocycles. The third kappa shape index (κ3) is 1.55. The number of ether oxygens (including phenoxy) is 4. The molecule has 22 heavy (non-hydrogen) atoms. The van der Waals surface area contributed by atoms with E-state index in [-0.39, 0.29) is 0 Å². The largest absolute Gasteiger partial charge is 0.348 e. The van der Waals surface area contributed by atoms with Gasteiger partial charge in [0.15, 0.2) is 0 Å². The Balaban J connectivity index is 2.75. The van der Waals surface area contributed by atoms with Crippen molar-refractivity contribution in [2.45, 2.75) is 17.5 Å². The van der Waals surface area contributed by atoms with Crippen molar-refractivity contribution in [3.05, 3.63) is 35.9 Å². The van der Waals surface area contributed by atoms with E-state index in [9.17, 15) is 10.5 Å². The number of hydrogen-bond donors (Lipinski definition) is 0. The fraction of sp³-hybridized carbons (Fsp3) is 0.500. The summed E-state index contributed by atoms with van der Waals surface area (Å²) in [5, 5.41) is 19.5. The molecule has 2 rings (SSSR count). The van der Waals surface area contributed by atoms with E-state index in [1.54, 1.807) is 0 Å². The molecule has 1 aromatic rings. The lowest BCUT2D eigenvalue weighted by molar-refractivity contribution is -0.481.